The number of nitrogens with one attached hydrogen (secondary N) is 1. The second-order valence-corrected chi connectivity index (χ2v) is 9.18. The normalized spacial score (nSPS) is 15.3. The van der Waals surface area contributed by atoms with Crippen molar-refractivity contribution in [2.24, 2.45) is 10.7 Å². The first kappa shape index (κ1) is 20.7. The van der Waals surface area contributed by atoms with Crippen LogP contribution in [0.1, 0.15) is 36.1 Å². The van der Waals surface area contributed by atoms with Crippen molar-refractivity contribution in [3.63, 3.8) is 0 Å². The molecule has 0 aromatic heterocycles. The number of nitrogens with two attached hydrogens (primary N) is 1. The first-order valence-corrected chi connectivity index (χ1v) is 11.2. The molecular formula is C27H30N4O. The molecule has 164 valence electrons. The van der Waals surface area contributed by atoms with E-state index in [-0.39, 0.29) is 5.54 Å². The van der Waals surface area contributed by atoms with Gasteiger partial charge in [0.05, 0.1) is 18.5 Å². The van der Waals surface area contributed by atoms with Gasteiger partial charge < -0.3 is 20.7 Å². The summed E-state index contributed by atoms with van der Waals surface area (Å²) in [7, 11) is 1.75. The average Bonchev–Trinajstić information content (AvgIpc) is 2.82. The SMILES string of the molecule is COc1cc2c(cc1N1CN=Cc3ccc(-c4cccc(C(C)(C)N)c4)cc31)CNCC2. The fourth-order valence-electron chi connectivity index (χ4n) is 4.54. The molecule has 0 unspecified atom stereocenters. The highest BCUT2D eigenvalue weighted by Gasteiger charge is 2.23. The van der Waals surface area contributed by atoms with Gasteiger partial charge in [-0.15, -0.1) is 0 Å². The Kier molecular flexibility index (Phi) is 5.24. The van der Waals surface area contributed by atoms with E-state index >= 15 is 0 Å². The minimum atomic E-state index is -0.382. The number of nitrogens with zero attached hydrogens (tertiary/aromatic N) is 2. The largest absolute Gasteiger partial charge is 0.495 e. The Labute approximate surface area is 189 Å². The number of hydrogen-bond acceptors (Lipinski definition) is 5. The first-order chi connectivity index (χ1) is 15.4. The molecule has 3 aromatic rings. The van der Waals surface area contributed by atoms with Crippen LogP contribution < -0.4 is 20.7 Å². The summed E-state index contributed by atoms with van der Waals surface area (Å²) >= 11 is 0. The molecular weight excluding hydrogens is 396 g/mol. The topological polar surface area (TPSA) is 62.9 Å². The zero-order valence-electron chi connectivity index (χ0n) is 19.0. The molecule has 3 N–H and O–H groups in total. The third-order valence-electron chi connectivity index (χ3n) is 6.39. The maximum atomic E-state index is 6.36. The summed E-state index contributed by atoms with van der Waals surface area (Å²) in [6.45, 7) is 6.53. The van der Waals surface area contributed by atoms with Crippen molar-refractivity contribution in [1.82, 2.24) is 5.32 Å². The zero-order chi connectivity index (χ0) is 22.3. The van der Waals surface area contributed by atoms with Crippen LogP contribution in [0.3, 0.4) is 0 Å². The number of hydrogen-bond donors (Lipinski definition) is 2. The van der Waals surface area contributed by atoms with Crippen molar-refractivity contribution in [3.8, 4) is 16.9 Å². The van der Waals surface area contributed by atoms with E-state index < -0.39 is 0 Å². The summed E-state index contributed by atoms with van der Waals surface area (Å²) in [5.41, 5.74) is 15.4. The number of anilines is 2. The lowest BCUT2D eigenvalue weighted by molar-refractivity contribution is 0.414. The summed E-state index contributed by atoms with van der Waals surface area (Å²) in [4.78, 5) is 6.88. The molecule has 0 spiro atoms. The van der Waals surface area contributed by atoms with Crippen molar-refractivity contribution in [1.29, 1.82) is 0 Å². The van der Waals surface area contributed by atoms with Crippen molar-refractivity contribution in [3.05, 3.63) is 76.9 Å². The van der Waals surface area contributed by atoms with E-state index in [4.69, 9.17) is 10.5 Å². The van der Waals surface area contributed by atoms with E-state index in [0.717, 1.165) is 58.9 Å². The van der Waals surface area contributed by atoms with Gasteiger partial charge in [-0.3, -0.25) is 4.99 Å². The molecule has 0 radical (unpaired) electrons. The van der Waals surface area contributed by atoms with Gasteiger partial charge in [0.2, 0.25) is 0 Å². The number of aliphatic imine (C=N–C) groups is 1. The third-order valence-corrected chi connectivity index (χ3v) is 6.39. The van der Waals surface area contributed by atoms with Crippen LogP contribution in [0, 0.1) is 0 Å². The van der Waals surface area contributed by atoms with Crippen LogP contribution in [0.2, 0.25) is 0 Å². The average molecular weight is 427 g/mol. The van der Waals surface area contributed by atoms with Crippen molar-refractivity contribution in [2.45, 2.75) is 32.4 Å². The minimum absolute atomic E-state index is 0.382. The summed E-state index contributed by atoms with van der Waals surface area (Å²) in [6.07, 6.45) is 2.99. The highest BCUT2D eigenvalue weighted by atomic mass is 16.5. The van der Waals surface area contributed by atoms with Gasteiger partial charge in [0, 0.05) is 23.9 Å². The first-order valence-electron chi connectivity index (χ1n) is 11.2. The molecule has 0 fully saturated rings. The minimum Gasteiger partial charge on any atom is -0.495 e. The summed E-state index contributed by atoms with van der Waals surface area (Å²) in [5.74, 6) is 0.894. The number of benzene rings is 3. The smallest absolute Gasteiger partial charge is 0.142 e. The molecule has 2 aliphatic heterocycles. The number of rotatable bonds is 4. The second kappa shape index (κ2) is 8.08. The summed E-state index contributed by atoms with van der Waals surface area (Å²) < 4.78 is 5.82. The van der Waals surface area contributed by atoms with Crippen LogP contribution in [-0.2, 0) is 18.5 Å². The van der Waals surface area contributed by atoms with E-state index in [0.29, 0.717) is 6.67 Å². The van der Waals surface area contributed by atoms with Gasteiger partial charge >= 0.3 is 0 Å². The number of methoxy groups -OCH3 is 1. The van der Waals surface area contributed by atoms with Crippen LogP contribution >= 0.6 is 0 Å². The molecule has 3 aromatic carbocycles. The molecule has 5 nitrogen and oxygen atoms in total. The highest BCUT2D eigenvalue weighted by Crippen LogP contribution is 2.40. The molecule has 0 saturated carbocycles. The van der Waals surface area contributed by atoms with Gasteiger partial charge in [0.1, 0.15) is 12.4 Å². The van der Waals surface area contributed by atoms with E-state index in [1.165, 1.54) is 11.1 Å². The Hall–Kier alpha value is -3.15. The third kappa shape index (κ3) is 3.78. The molecule has 0 atom stereocenters. The van der Waals surface area contributed by atoms with Gasteiger partial charge in [-0.2, -0.15) is 0 Å². The fourth-order valence-corrected chi connectivity index (χ4v) is 4.54. The predicted molar refractivity (Wildman–Crippen MR) is 132 cm³/mol. The Bertz CT molecular complexity index is 1190. The Morgan fingerprint density at radius 3 is 2.66 bits per heavy atom. The second-order valence-electron chi connectivity index (χ2n) is 9.18. The zero-order valence-corrected chi connectivity index (χ0v) is 19.0. The van der Waals surface area contributed by atoms with E-state index in [2.05, 4.69) is 69.8 Å². The van der Waals surface area contributed by atoms with Gasteiger partial charge in [-0.1, -0.05) is 30.3 Å². The summed E-state index contributed by atoms with van der Waals surface area (Å²) in [5, 5.41) is 3.48. The maximum Gasteiger partial charge on any atom is 0.142 e. The lowest BCUT2D eigenvalue weighted by Gasteiger charge is -2.31. The maximum absolute atomic E-state index is 6.36. The lowest BCUT2D eigenvalue weighted by Crippen LogP contribution is -2.28. The standard InChI is InChI=1S/C27H30N4O/c1-27(2,28)23-6-4-5-18(11-23)19-7-8-21-15-30-17-31(24(21)12-19)25-13-22-16-29-10-9-20(22)14-26(25)32-3/h4-8,11-15,29H,9-10,16-17,28H2,1-3H3. The molecule has 2 aliphatic rings. The van der Waals surface area contributed by atoms with Crippen LogP contribution in [-0.4, -0.2) is 26.5 Å². The Morgan fingerprint density at radius 1 is 1.00 bits per heavy atom. The molecule has 0 amide bonds. The molecule has 0 aliphatic carbocycles. The lowest BCUT2D eigenvalue weighted by atomic mass is 9.92. The van der Waals surface area contributed by atoms with Gasteiger partial charge in [-0.25, -0.2) is 0 Å². The van der Waals surface area contributed by atoms with Gasteiger partial charge in [-0.05, 0) is 78.9 Å². The molecule has 5 rings (SSSR count). The monoisotopic (exact) mass is 426 g/mol. The van der Waals surface area contributed by atoms with E-state index in [1.54, 1.807) is 7.11 Å². The molecule has 5 heteroatoms. The molecule has 0 saturated heterocycles. The number of fused-ring (bicyclic) bond motifs is 2. The van der Waals surface area contributed by atoms with Crippen LogP contribution in [0.4, 0.5) is 11.4 Å². The van der Waals surface area contributed by atoms with Gasteiger partial charge in [0.15, 0.2) is 0 Å². The molecule has 2 heterocycles. The fraction of sp³-hybridized carbons (Fsp3) is 0.296. The molecule has 0 bridgehead atoms. The van der Waals surface area contributed by atoms with Crippen LogP contribution in [0.15, 0.2) is 59.6 Å². The number of ether oxygens (including phenoxy) is 1. The quantitative estimate of drug-likeness (QED) is 0.633. The molecule has 32 heavy (non-hydrogen) atoms. The Balaban J connectivity index is 1.60. The predicted octanol–water partition coefficient (Wildman–Crippen LogP) is 4.73. The van der Waals surface area contributed by atoms with Crippen molar-refractivity contribution >= 4 is 17.6 Å². The van der Waals surface area contributed by atoms with Gasteiger partial charge in [0.25, 0.3) is 0 Å². The van der Waals surface area contributed by atoms with Crippen LogP contribution in [0.25, 0.3) is 11.1 Å². The highest BCUT2D eigenvalue weighted by molar-refractivity contribution is 5.94. The Morgan fingerprint density at radius 2 is 1.84 bits per heavy atom. The summed E-state index contributed by atoms with van der Waals surface area (Å²) in [6, 6.07) is 19.5. The van der Waals surface area contributed by atoms with E-state index in [1.807, 2.05) is 20.1 Å². The van der Waals surface area contributed by atoms with Crippen molar-refractivity contribution in [2.75, 3.05) is 25.2 Å². The van der Waals surface area contributed by atoms with E-state index in [9.17, 15) is 0 Å². The van der Waals surface area contributed by atoms with Crippen LogP contribution in [0.5, 0.6) is 5.75 Å². The van der Waals surface area contributed by atoms with Crippen molar-refractivity contribution < 1.29 is 4.74 Å².